The van der Waals surface area contributed by atoms with Crippen molar-refractivity contribution < 1.29 is 4.79 Å². The van der Waals surface area contributed by atoms with Crippen LogP contribution in [0.25, 0.3) is 0 Å². The molecule has 2 aromatic heterocycles. The minimum Gasteiger partial charge on any atom is -0.357 e. The summed E-state index contributed by atoms with van der Waals surface area (Å²) in [5, 5.41) is 10.5. The molecule has 1 N–H and O–H groups in total. The van der Waals surface area contributed by atoms with E-state index < -0.39 is 0 Å². The molecule has 2 aromatic rings. The SMILES string of the molecule is CC(Sc1nncs1)C(=O)NCc1ccnc(N2CCCC2)c1. The van der Waals surface area contributed by atoms with Crippen LogP contribution in [0.15, 0.2) is 28.2 Å². The van der Waals surface area contributed by atoms with E-state index in [0.29, 0.717) is 6.54 Å². The van der Waals surface area contributed by atoms with Crippen LogP contribution in [0.4, 0.5) is 5.82 Å². The molecule has 122 valence electrons. The molecule has 23 heavy (non-hydrogen) atoms. The average Bonchev–Trinajstić information content (AvgIpc) is 3.26. The van der Waals surface area contributed by atoms with Gasteiger partial charge in [0.2, 0.25) is 5.91 Å². The Morgan fingerprint density at radius 3 is 3.04 bits per heavy atom. The standard InChI is InChI=1S/C15H19N5OS2/c1-11(23-15-19-18-10-22-15)14(21)17-9-12-4-5-16-13(8-12)20-6-2-3-7-20/h4-5,8,10-11H,2-3,6-7,9H2,1H3,(H,17,21). The van der Waals surface area contributed by atoms with Gasteiger partial charge in [0, 0.05) is 25.8 Å². The minimum atomic E-state index is -0.192. The van der Waals surface area contributed by atoms with Crippen molar-refractivity contribution in [2.75, 3.05) is 18.0 Å². The molecule has 0 bridgehead atoms. The van der Waals surface area contributed by atoms with E-state index >= 15 is 0 Å². The number of amides is 1. The highest BCUT2D eigenvalue weighted by molar-refractivity contribution is 8.02. The Kier molecular flexibility index (Phi) is 5.45. The molecular formula is C15H19N5OS2. The van der Waals surface area contributed by atoms with Crippen LogP contribution < -0.4 is 10.2 Å². The quantitative estimate of drug-likeness (QED) is 0.807. The van der Waals surface area contributed by atoms with Crippen molar-refractivity contribution >= 4 is 34.8 Å². The molecule has 6 nitrogen and oxygen atoms in total. The number of pyridine rings is 1. The number of hydrogen-bond donors (Lipinski definition) is 1. The van der Waals surface area contributed by atoms with E-state index in [1.165, 1.54) is 35.9 Å². The Morgan fingerprint density at radius 1 is 1.48 bits per heavy atom. The van der Waals surface area contributed by atoms with Gasteiger partial charge in [-0.05, 0) is 37.5 Å². The van der Waals surface area contributed by atoms with Gasteiger partial charge in [-0.3, -0.25) is 4.79 Å². The lowest BCUT2D eigenvalue weighted by atomic mass is 10.2. The highest BCUT2D eigenvalue weighted by atomic mass is 32.2. The molecule has 3 rings (SSSR count). The summed E-state index contributed by atoms with van der Waals surface area (Å²) in [6, 6.07) is 4.01. The fourth-order valence-electron chi connectivity index (χ4n) is 2.44. The highest BCUT2D eigenvalue weighted by Crippen LogP contribution is 2.24. The minimum absolute atomic E-state index is 0.00438. The van der Waals surface area contributed by atoms with E-state index in [4.69, 9.17) is 0 Å². The van der Waals surface area contributed by atoms with Crippen molar-refractivity contribution in [3.8, 4) is 0 Å². The maximum atomic E-state index is 12.2. The summed E-state index contributed by atoms with van der Waals surface area (Å²) >= 11 is 2.88. The van der Waals surface area contributed by atoms with Crippen LogP contribution in [0.3, 0.4) is 0 Å². The third-order valence-electron chi connectivity index (χ3n) is 3.69. The predicted molar refractivity (Wildman–Crippen MR) is 92.8 cm³/mol. The van der Waals surface area contributed by atoms with Crippen LogP contribution in [0.1, 0.15) is 25.3 Å². The van der Waals surface area contributed by atoms with E-state index in [1.807, 2.05) is 19.2 Å². The third kappa shape index (κ3) is 4.42. The highest BCUT2D eigenvalue weighted by Gasteiger charge is 2.17. The van der Waals surface area contributed by atoms with Gasteiger partial charge in [-0.15, -0.1) is 10.2 Å². The number of carbonyl (C=O) groups is 1. The number of rotatable bonds is 6. The Balaban J connectivity index is 1.53. The van der Waals surface area contributed by atoms with Crippen LogP contribution in [0.5, 0.6) is 0 Å². The number of aromatic nitrogens is 3. The molecule has 3 heterocycles. The largest absolute Gasteiger partial charge is 0.357 e. The molecule has 0 aliphatic carbocycles. The van der Waals surface area contributed by atoms with Gasteiger partial charge in [0.05, 0.1) is 5.25 Å². The number of thioether (sulfide) groups is 1. The zero-order valence-electron chi connectivity index (χ0n) is 12.9. The monoisotopic (exact) mass is 349 g/mol. The number of carbonyl (C=O) groups excluding carboxylic acids is 1. The fraction of sp³-hybridized carbons (Fsp3) is 0.467. The fourth-order valence-corrected chi connectivity index (χ4v) is 4.09. The number of nitrogens with zero attached hydrogens (tertiary/aromatic N) is 4. The Labute approximate surface area is 143 Å². The van der Waals surface area contributed by atoms with E-state index in [-0.39, 0.29) is 11.2 Å². The van der Waals surface area contributed by atoms with Gasteiger partial charge in [-0.1, -0.05) is 23.1 Å². The van der Waals surface area contributed by atoms with Crippen LogP contribution in [-0.2, 0) is 11.3 Å². The third-order valence-corrected chi connectivity index (χ3v) is 5.60. The first kappa shape index (κ1) is 16.2. The van der Waals surface area contributed by atoms with E-state index in [1.54, 1.807) is 5.51 Å². The van der Waals surface area contributed by atoms with Crippen molar-refractivity contribution in [1.82, 2.24) is 20.5 Å². The lowest BCUT2D eigenvalue weighted by Gasteiger charge is -2.17. The van der Waals surface area contributed by atoms with Gasteiger partial charge in [0.1, 0.15) is 11.3 Å². The maximum Gasteiger partial charge on any atom is 0.233 e. The Hall–Kier alpha value is -1.67. The first-order chi connectivity index (χ1) is 11.2. The molecule has 1 aliphatic heterocycles. The van der Waals surface area contributed by atoms with Gasteiger partial charge < -0.3 is 10.2 Å². The van der Waals surface area contributed by atoms with Crippen molar-refractivity contribution in [3.63, 3.8) is 0 Å². The zero-order valence-corrected chi connectivity index (χ0v) is 14.6. The van der Waals surface area contributed by atoms with Gasteiger partial charge in [0.15, 0.2) is 4.34 Å². The second-order valence-electron chi connectivity index (χ2n) is 5.40. The smallest absolute Gasteiger partial charge is 0.233 e. The summed E-state index contributed by atoms with van der Waals surface area (Å²) in [6.45, 7) is 4.53. The lowest BCUT2D eigenvalue weighted by Crippen LogP contribution is -2.30. The van der Waals surface area contributed by atoms with Gasteiger partial charge in [-0.2, -0.15) is 0 Å². The Bertz CT molecular complexity index is 643. The van der Waals surface area contributed by atoms with Gasteiger partial charge in [0.25, 0.3) is 0 Å². The molecule has 0 aromatic carbocycles. The van der Waals surface area contributed by atoms with Crippen molar-refractivity contribution in [3.05, 3.63) is 29.4 Å². The molecule has 1 amide bonds. The molecule has 0 radical (unpaired) electrons. The summed E-state index contributed by atoms with van der Waals surface area (Å²) in [7, 11) is 0. The average molecular weight is 349 g/mol. The summed E-state index contributed by atoms with van der Waals surface area (Å²) in [5.41, 5.74) is 2.74. The molecule has 0 saturated carbocycles. The number of nitrogens with one attached hydrogen (secondary N) is 1. The maximum absolute atomic E-state index is 12.2. The summed E-state index contributed by atoms with van der Waals surface area (Å²) in [5.74, 6) is 1.01. The van der Waals surface area contributed by atoms with Crippen molar-refractivity contribution in [2.45, 2.75) is 35.9 Å². The van der Waals surface area contributed by atoms with Crippen molar-refractivity contribution in [1.29, 1.82) is 0 Å². The van der Waals surface area contributed by atoms with E-state index in [9.17, 15) is 4.79 Å². The van der Waals surface area contributed by atoms with Crippen LogP contribution in [-0.4, -0.2) is 39.4 Å². The van der Waals surface area contributed by atoms with Crippen LogP contribution in [0, 0.1) is 0 Å². The Morgan fingerprint density at radius 2 is 2.30 bits per heavy atom. The molecule has 1 unspecified atom stereocenters. The molecular weight excluding hydrogens is 330 g/mol. The van der Waals surface area contributed by atoms with Crippen molar-refractivity contribution in [2.24, 2.45) is 0 Å². The first-order valence-corrected chi connectivity index (χ1v) is 9.39. The normalized spacial score (nSPS) is 15.6. The zero-order chi connectivity index (χ0) is 16.1. The van der Waals surface area contributed by atoms with E-state index in [2.05, 4.69) is 31.5 Å². The first-order valence-electron chi connectivity index (χ1n) is 7.63. The lowest BCUT2D eigenvalue weighted by molar-refractivity contribution is -0.120. The summed E-state index contributed by atoms with van der Waals surface area (Å²) < 4.78 is 0.813. The summed E-state index contributed by atoms with van der Waals surface area (Å²) in [6.07, 6.45) is 4.26. The molecule has 1 aliphatic rings. The van der Waals surface area contributed by atoms with Crippen LogP contribution >= 0.6 is 23.1 Å². The van der Waals surface area contributed by atoms with E-state index in [0.717, 1.165) is 28.8 Å². The second kappa shape index (κ2) is 7.74. The van der Waals surface area contributed by atoms with Gasteiger partial charge >= 0.3 is 0 Å². The molecule has 1 saturated heterocycles. The summed E-state index contributed by atoms with van der Waals surface area (Å²) in [4.78, 5) is 18.9. The number of anilines is 1. The number of hydrogen-bond acceptors (Lipinski definition) is 7. The topological polar surface area (TPSA) is 71.0 Å². The van der Waals surface area contributed by atoms with Gasteiger partial charge in [-0.25, -0.2) is 4.98 Å². The predicted octanol–water partition coefficient (Wildman–Crippen LogP) is 2.33. The molecule has 1 atom stereocenters. The second-order valence-corrected chi connectivity index (χ2v) is 7.82. The molecule has 0 spiro atoms. The molecule has 1 fully saturated rings. The van der Waals surface area contributed by atoms with Crippen LogP contribution in [0.2, 0.25) is 0 Å². The molecule has 8 heteroatoms.